The predicted octanol–water partition coefficient (Wildman–Crippen LogP) is 2.77. The lowest BCUT2D eigenvalue weighted by Crippen LogP contribution is -2.53. The molecule has 1 heterocycles. The monoisotopic (exact) mass is 274 g/mol. The summed E-state index contributed by atoms with van der Waals surface area (Å²) in [5.74, 6) is -0.625. The van der Waals surface area contributed by atoms with E-state index in [0.29, 0.717) is 6.61 Å². The summed E-state index contributed by atoms with van der Waals surface area (Å²) in [6.45, 7) is 8.07. The minimum Gasteiger partial charge on any atom is -0.348 e. The second kappa shape index (κ2) is 5.53. The molecule has 0 unspecified atom stereocenters. The van der Waals surface area contributed by atoms with Gasteiger partial charge in [0.2, 0.25) is 0 Å². The third-order valence-corrected chi connectivity index (χ3v) is 3.70. The minimum atomic E-state index is -0.789. The third-order valence-electron chi connectivity index (χ3n) is 3.70. The van der Waals surface area contributed by atoms with Gasteiger partial charge in [0.15, 0.2) is 5.79 Å². The number of rotatable bonds is 4. The SMILES string of the molecule is C[C@@H](N[C@@](C)(C#N)[C@H]1COC(C)(C)O1)c1ccccc1. The molecule has 4 heteroatoms. The smallest absolute Gasteiger partial charge is 0.163 e. The van der Waals surface area contributed by atoms with Gasteiger partial charge in [-0.25, -0.2) is 0 Å². The average Bonchev–Trinajstić information content (AvgIpc) is 2.80. The van der Waals surface area contributed by atoms with Crippen molar-refractivity contribution < 1.29 is 9.47 Å². The van der Waals surface area contributed by atoms with Gasteiger partial charge in [-0.3, -0.25) is 5.32 Å². The quantitative estimate of drug-likeness (QED) is 0.917. The van der Waals surface area contributed by atoms with Crippen LogP contribution >= 0.6 is 0 Å². The number of benzene rings is 1. The Morgan fingerprint density at radius 1 is 1.40 bits per heavy atom. The van der Waals surface area contributed by atoms with Gasteiger partial charge in [-0.2, -0.15) is 5.26 Å². The van der Waals surface area contributed by atoms with E-state index in [9.17, 15) is 5.26 Å². The van der Waals surface area contributed by atoms with Crippen molar-refractivity contribution in [2.45, 2.75) is 51.2 Å². The van der Waals surface area contributed by atoms with Crippen molar-refractivity contribution in [1.29, 1.82) is 5.26 Å². The fourth-order valence-corrected chi connectivity index (χ4v) is 2.44. The molecule has 1 aromatic carbocycles. The highest BCUT2D eigenvalue weighted by atomic mass is 16.7. The molecule has 2 rings (SSSR count). The number of hydrogen-bond donors (Lipinski definition) is 1. The van der Waals surface area contributed by atoms with E-state index in [1.54, 1.807) is 0 Å². The molecule has 0 spiro atoms. The zero-order valence-corrected chi connectivity index (χ0v) is 12.5. The maximum absolute atomic E-state index is 9.56. The molecule has 20 heavy (non-hydrogen) atoms. The van der Waals surface area contributed by atoms with E-state index in [4.69, 9.17) is 9.47 Å². The highest BCUT2D eigenvalue weighted by Gasteiger charge is 2.45. The first-order valence-corrected chi connectivity index (χ1v) is 6.92. The molecule has 3 atom stereocenters. The van der Waals surface area contributed by atoms with Gasteiger partial charge in [-0.1, -0.05) is 30.3 Å². The van der Waals surface area contributed by atoms with Gasteiger partial charge in [0.25, 0.3) is 0 Å². The van der Waals surface area contributed by atoms with Crippen molar-refractivity contribution in [1.82, 2.24) is 5.32 Å². The van der Waals surface area contributed by atoms with Crippen LogP contribution in [0.1, 0.15) is 39.3 Å². The lowest BCUT2D eigenvalue weighted by atomic mass is 9.94. The molecule has 0 bridgehead atoms. The van der Waals surface area contributed by atoms with Crippen LogP contribution in [0, 0.1) is 11.3 Å². The molecule has 1 saturated heterocycles. The van der Waals surface area contributed by atoms with Crippen LogP contribution in [-0.4, -0.2) is 24.0 Å². The third kappa shape index (κ3) is 3.18. The Balaban J connectivity index is 2.11. The first-order valence-electron chi connectivity index (χ1n) is 6.92. The van der Waals surface area contributed by atoms with Gasteiger partial charge in [0, 0.05) is 6.04 Å². The summed E-state index contributed by atoms with van der Waals surface area (Å²) in [5, 5.41) is 12.9. The van der Waals surface area contributed by atoms with Crippen LogP contribution in [0.2, 0.25) is 0 Å². The fourth-order valence-electron chi connectivity index (χ4n) is 2.44. The van der Waals surface area contributed by atoms with Crippen molar-refractivity contribution in [2.75, 3.05) is 6.61 Å². The zero-order chi connectivity index (χ0) is 14.8. The molecule has 0 radical (unpaired) electrons. The molecule has 0 aliphatic carbocycles. The number of nitrogens with one attached hydrogen (secondary N) is 1. The van der Waals surface area contributed by atoms with Crippen molar-refractivity contribution in [2.24, 2.45) is 0 Å². The Labute approximate surface area is 120 Å². The number of ether oxygens (including phenoxy) is 2. The van der Waals surface area contributed by atoms with Crippen LogP contribution in [0.4, 0.5) is 0 Å². The van der Waals surface area contributed by atoms with Crippen LogP contribution in [0.25, 0.3) is 0 Å². The van der Waals surface area contributed by atoms with Gasteiger partial charge in [-0.15, -0.1) is 0 Å². The van der Waals surface area contributed by atoms with Crippen molar-refractivity contribution in [3.63, 3.8) is 0 Å². The van der Waals surface area contributed by atoms with Crippen LogP contribution in [0.3, 0.4) is 0 Å². The molecule has 1 aliphatic heterocycles. The highest BCUT2D eigenvalue weighted by Crippen LogP contribution is 2.30. The molecular weight excluding hydrogens is 252 g/mol. The Kier molecular flexibility index (Phi) is 4.14. The van der Waals surface area contributed by atoms with Crippen molar-refractivity contribution in [3.05, 3.63) is 35.9 Å². The predicted molar refractivity (Wildman–Crippen MR) is 76.9 cm³/mol. The molecule has 4 nitrogen and oxygen atoms in total. The van der Waals surface area contributed by atoms with Crippen LogP contribution < -0.4 is 5.32 Å². The van der Waals surface area contributed by atoms with E-state index in [1.165, 1.54) is 0 Å². The van der Waals surface area contributed by atoms with Crippen LogP contribution in [0.5, 0.6) is 0 Å². The molecule has 1 aliphatic rings. The molecule has 108 valence electrons. The van der Waals surface area contributed by atoms with E-state index in [2.05, 4.69) is 11.4 Å². The summed E-state index contributed by atoms with van der Waals surface area (Å²) >= 11 is 0. The summed E-state index contributed by atoms with van der Waals surface area (Å²) in [7, 11) is 0. The van der Waals surface area contributed by atoms with E-state index in [1.807, 2.05) is 58.0 Å². The van der Waals surface area contributed by atoms with Crippen molar-refractivity contribution >= 4 is 0 Å². The number of nitriles is 1. The van der Waals surface area contributed by atoms with E-state index in [0.717, 1.165) is 5.56 Å². The fraction of sp³-hybridized carbons (Fsp3) is 0.562. The van der Waals surface area contributed by atoms with E-state index < -0.39 is 11.3 Å². The van der Waals surface area contributed by atoms with E-state index in [-0.39, 0.29) is 12.1 Å². The maximum Gasteiger partial charge on any atom is 0.163 e. The second-order valence-corrected chi connectivity index (χ2v) is 5.91. The highest BCUT2D eigenvalue weighted by molar-refractivity contribution is 5.21. The maximum atomic E-state index is 9.56. The van der Waals surface area contributed by atoms with Gasteiger partial charge in [-0.05, 0) is 33.3 Å². The summed E-state index contributed by atoms with van der Waals surface area (Å²) in [4.78, 5) is 0. The summed E-state index contributed by atoms with van der Waals surface area (Å²) < 4.78 is 11.4. The van der Waals surface area contributed by atoms with Crippen LogP contribution in [0.15, 0.2) is 30.3 Å². The molecule has 1 aromatic rings. The summed E-state index contributed by atoms with van der Waals surface area (Å²) in [5.41, 5.74) is 0.357. The average molecular weight is 274 g/mol. The Morgan fingerprint density at radius 2 is 2.05 bits per heavy atom. The number of hydrogen-bond acceptors (Lipinski definition) is 4. The molecule has 0 saturated carbocycles. The van der Waals surface area contributed by atoms with Gasteiger partial charge >= 0.3 is 0 Å². The first-order chi connectivity index (χ1) is 9.36. The zero-order valence-electron chi connectivity index (χ0n) is 12.5. The van der Waals surface area contributed by atoms with Gasteiger partial charge < -0.3 is 9.47 Å². The lowest BCUT2D eigenvalue weighted by molar-refractivity contribution is -0.144. The van der Waals surface area contributed by atoms with Gasteiger partial charge in [0.05, 0.1) is 12.7 Å². The normalized spacial score (nSPS) is 25.6. The minimum absolute atomic E-state index is 0.0631. The Bertz CT molecular complexity index is 495. The standard InChI is InChI=1S/C16H22N2O2/c1-12(13-8-6-5-7-9-13)18-16(4,11-17)14-10-19-15(2,3)20-14/h5-9,12,14,18H,10H2,1-4H3/t12-,14-,16+/m1/s1. The summed E-state index contributed by atoms with van der Waals surface area (Å²) in [6.07, 6.45) is -0.284. The molecular formula is C16H22N2O2. The largest absolute Gasteiger partial charge is 0.348 e. The first kappa shape index (κ1) is 15.0. The molecule has 1 N–H and O–H groups in total. The molecule has 0 aromatic heterocycles. The topological polar surface area (TPSA) is 54.3 Å². The second-order valence-electron chi connectivity index (χ2n) is 5.91. The Morgan fingerprint density at radius 3 is 2.55 bits per heavy atom. The number of nitrogens with zero attached hydrogens (tertiary/aromatic N) is 1. The van der Waals surface area contributed by atoms with E-state index >= 15 is 0 Å². The lowest BCUT2D eigenvalue weighted by Gasteiger charge is -2.32. The van der Waals surface area contributed by atoms with Crippen LogP contribution in [-0.2, 0) is 9.47 Å². The Hall–Kier alpha value is -1.41. The van der Waals surface area contributed by atoms with Crippen molar-refractivity contribution in [3.8, 4) is 6.07 Å². The van der Waals surface area contributed by atoms with Gasteiger partial charge in [0.1, 0.15) is 11.6 Å². The molecule has 1 fully saturated rings. The summed E-state index contributed by atoms with van der Waals surface area (Å²) in [6, 6.07) is 12.5. The molecule has 0 amide bonds.